The highest BCUT2D eigenvalue weighted by Crippen LogP contribution is 2.30. The van der Waals surface area contributed by atoms with E-state index in [4.69, 9.17) is 9.47 Å². The average Bonchev–Trinajstić information content (AvgIpc) is 2.45. The Morgan fingerprint density at radius 2 is 1.86 bits per heavy atom. The van der Waals surface area contributed by atoms with Crippen LogP contribution in [0.15, 0.2) is 45.3 Å². The van der Waals surface area contributed by atoms with Crippen LogP contribution in [0.1, 0.15) is 24.2 Å². The first-order valence-corrected chi connectivity index (χ1v) is 8.02. The van der Waals surface area contributed by atoms with Crippen molar-refractivity contribution in [1.29, 1.82) is 0 Å². The monoisotopic (exact) mass is 414 g/mol. The van der Waals surface area contributed by atoms with Gasteiger partial charge in [-0.2, -0.15) is 0 Å². The minimum atomic E-state index is -0.573. The summed E-state index contributed by atoms with van der Waals surface area (Å²) in [5.74, 6) is 1.46. The van der Waals surface area contributed by atoms with E-state index < -0.39 is 6.10 Å². The van der Waals surface area contributed by atoms with E-state index >= 15 is 0 Å². The van der Waals surface area contributed by atoms with E-state index in [9.17, 15) is 5.11 Å². The number of hydrogen-bond acceptors (Lipinski definition) is 3. The summed E-state index contributed by atoms with van der Waals surface area (Å²) < 4.78 is 12.8. The molecular weight excluding hydrogens is 400 g/mol. The van der Waals surface area contributed by atoms with Crippen LogP contribution in [0.5, 0.6) is 11.5 Å². The standard InChI is InChI=1S/C16H16Br2O3/c1-10(19)13-5-4-12(17)8-16(13)21-9-11-3-6-15(20-2)14(18)7-11/h3-8,10,19H,9H2,1-2H3. The Morgan fingerprint density at radius 3 is 2.48 bits per heavy atom. The predicted molar refractivity (Wildman–Crippen MR) is 89.8 cm³/mol. The van der Waals surface area contributed by atoms with Gasteiger partial charge >= 0.3 is 0 Å². The fraction of sp³-hybridized carbons (Fsp3) is 0.250. The number of aliphatic hydroxyl groups is 1. The largest absolute Gasteiger partial charge is 0.496 e. The summed E-state index contributed by atoms with van der Waals surface area (Å²) >= 11 is 6.87. The molecule has 0 fully saturated rings. The van der Waals surface area contributed by atoms with Crippen molar-refractivity contribution in [1.82, 2.24) is 0 Å². The summed E-state index contributed by atoms with van der Waals surface area (Å²) in [6, 6.07) is 11.4. The summed E-state index contributed by atoms with van der Waals surface area (Å²) in [7, 11) is 1.63. The van der Waals surface area contributed by atoms with Crippen LogP contribution in [-0.2, 0) is 6.61 Å². The molecule has 0 spiro atoms. The van der Waals surface area contributed by atoms with Gasteiger partial charge < -0.3 is 14.6 Å². The molecule has 0 amide bonds. The van der Waals surface area contributed by atoms with E-state index in [1.54, 1.807) is 14.0 Å². The van der Waals surface area contributed by atoms with Crippen molar-refractivity contribution in [2.45, 2.75) is 19.6 Å². The third kappa shape index (κ3) is 4.22. The number of benzene rings is 2. The normalized spacial score (nSPS) is 12.0. The van der Waals surface area contributed by atoms with Crippen LogP contribution in [0.2, 0.25) is 0 Å². The number of methoxy groups -OCH3 is 1. The molecule has 1 atom stereocenters. The maximum atomic E-state index is 9.79. The second-order valence-electron chi connectivity index (χ2n) is 4.62. The molecule has 0 heterocycles. The van der Waals surface area contributed by atoms with Gasteiger partial charge in [-0.1, -0.05) is 28.1 Å². The number of hydrogen-bond donors (Lipinski definition) is 1. The van der Waals surface area contributed by atoms with Gasteiger partial charge in [0.05, 0.1) is 17.7 Å². The topological polar surface area (TPSA) is 38.7 Å². The van der Waals surface area contributed by atoms with Gasteiger partial charge in [-0.15, -0.1) is 0 Å². The smallest absolute Gasteiger partial charge is 0.133 e. The summed E-state index contributed by atoms with van der Waals surface area (Å²) in [4.78, 5) is 0. The molecule has 0 saturated heterocycles. The van der Waals surface area contributed by atoms with Gasteiger partial charge in [-0.25, -0.2) is 0 Å². The van der Waals surface area contributed by atoms with E-state index in [1.807, 2.05) is 36.4 Å². The zero-order valence-corrected chi connectivity index (χ0v) is 14.9. The summed E-state index contributed by atoms with van der Waals surface area (Å²) in [5, 5.41) is 9.79. The first-order valence-electron chi connectivity index (χ1n) is 6.44. The van der Waals surface area contributed by atoms with Gasteiger partial charge in [0.1, 0.15) is 18.1 Å². The Bertz CT molecular complexity index is 627. The lowest BCUT2D eigenvalue weighted by atomic mass is 10.1. The van der Waals surface area contributed by atoms with Gasteiger partial charge in [0.25, 0.3) is 0 Å². The molecule has 0 saturated carbocycles. The number of ether oxygens (including phenoxy) is 2. The molecule has 0 bridgehead atoms. The van der Waals surface area contributed by atoms with Crippen molar-refractivity contribution in [3.05, 3.63) is 56.5 Å². The van der Waals surface area contributed by atoms with Crippen LogP contribution in [-0.4, -0.2) is 12.2 Å². The zero-order valence-electron chi connectivity index (χ0n) is 11.8. The fourth-order valence-electron chi connectivity index (χ4n) is 1.94. The van der Waals surface area contributed by atoms with Crippen molar-refractivity contribution in [3.8, 4) is 11.5 Å². The first-order chi connectivity index (χ1) is 10.0. The number of halogens is 2. The highest BCUT2D eigenvalue weighted by atomic mass is 79.9. The van der Waals surface area contributed by atoms with E-state index in [0.29, 0.717) is 12.4 Å². The molecule has 5 heteroatoms. The molecule has 0 aliphatic rings. The minimum absolute atomic E-state index is 0.415. The van der Waals surface area contributed by atoms with Gasteiger partial charge in [0, 0.05) is 10.0 Å². The second-order valence-corrected chi connectivity index (χ2v) is 6.39. The molecule has 112 valence electrons. The van der Waals surface area contributed by atoms with Crippen LogP contribution in [0, 0.1) is 0 Å². The third-order valence-electron chi connectivity index (χ3n) is 3.04. The molecule has 0 aliphatic heterocycles. The van der Waals surface area contributed by atoms with Crippen LogP contribution in [0.25, 0.3) is 0 Å². The summed E-state index contributed by atoms with van der Waals surface area (Å²) in [6.45, 7) is 2.14. The van der Waals surface area contributed by atoms with Crippen molar-refractivity contribution in [2.75, 3.05) is 7.11 Å². The van der Waals surface area contributed by atoms with Crippen LogP contribution >= 0.6 is 31.9 Å². The Balaban J connectivity index is 2.16. The van der Waals surface area contributed by atoms with Crippen molar-refractivity contribution in [3.63, 3.8) is 0 Å². The van der Waals surface area contributed by atoms with Gasteiger partial charge in [0.2, 0.25) is 0 Å². The molecular formula is C16H16Br2O3. The van der Waals surface area contributed by atoms with Crippen LogP contribution in [0.4, 0.5) is 0 Å². The molecule has 2 aromatic carbocycles. The SMILES string of the molecule is COc1ccc(COc2cc(Br)ccc2C(C)O)cc1Br. The quantitative estimate of drug-likeness (QED) is 0.758. The highest BCUT2D eigenvalue weighted by Gasteiger charge is 2.10. The maximum absolute atomic E-state index is 9.79. The van der Waals surface area contributed by atoms with E-state index in [-0.39, 0.29) is 0 Å². The number of aliphatic hydroxyl groups excluding tert-OH is 1. The van der Waals surface area contributed by atoms with E-state index in [0.717, 1.165) is 25.8 Å². The fourth-order valence-corrected chi connectivity index (χ4v) is 2.87. The minimum Gasteiger partial charge on any atom is -0.496 e. The third-order valence-corrected chi connectivity index (χ3v) is 4.15. The Labute approximate surface area is 141 Å². The van der Waals surface area contributed by atoms with Crippen molar-refractivity contribution < 1.29 is 14.6 Å². The predicted octanol–water partition coefficient (Wildman–Crippen LogP) is 4.85. The lowest BCUT2D eigenvalue weighted by Gasteiger charge is -2.14. The lowest BCUT2D eigenvalue weighted by molar-refractivity contribution is 0.190. The van der Waals surface area contributed by atoms with Crippen molar-refractivity contribution in [2.24, 2.45) is 0 Å². The molecule has 0 aliphatic carbocycles. The van der Waals surface area contributed by atoms with Crippen molar-refractivity contribution >= 4 is 31.9 Å². The number of rotatable bonds is 5. The molecule has 3 nitrogen and oxygen atoms in total. The highest BCUT2D eigenvalue weighted by molar-refractivity contribution is 9.10. The molecule has 0 radical (unpaired) electrons. The van der Waals surface area contributed by atoms with Gasteiger partial charge in [-0.3, -0.25) is 0 Å². The molecule has 1 N–H and O–H groups in total. The molecule has 1 unspecified atom stereocenters. The Kier molecular flexibility index (Phi) is 5.67. The van der Waals surface area contributed by atoms with E-state index in [1.165, 1.54) is 0 Å². The van der Waals surface area contributed by atoms with E-state index in [2.05, 4.69) is 31.9 Å². The second kappa shape index (κ2) is 7.29. The Morgan fingerprint density at radius 1 is 1.10 bits per heavy atom. The molecule has 0 aromatic heterocycles. The van der Waals surface area contributed by atoms with Gasteiger partial charge in [0.15, 0.2) is 0 Å². The Hall–Kier alpha value is -1.04. The maximum Gasteiger partial charge on any atom is 0.133 e. The first kappa shape index (κ1) is 16.3. The van der Waals surface area contributed by atoms with Crippen LogP contribution < -0.4 is 9.47 Å². The van der Waals surface area contributed by atoms with Crippen LogP contribution in [0.3, 0.4) is 0 Å². The van der Waals surface area contributed by atoms with Gasteiger partial charge in [-0.05, 0) is 52.7 Å². The summed E-state index contributed by atoms with van der Waals surface area (Å²) in [6.07, 6.45) is -0.573. The molecule has 2 rings (SSSR count). The molecule has 2 aromatic rings. The zero-order chi connectivity index (χ0) is 15.4. The lowest BCUT2D eigenvalue weighted by Crippen LogP contribution is -2.01. The molecule has 21 heavy (non-hydrogen) atoms. The average molecular weight is 416 g/mol. The summed E-state index contributed by atoms with van der Waals surface area (Å²) in [5.41, 5.74) is 1.78.